The second-order valence-corrected chi connectivity index (χ2v) is 5.00. The van der Waals surface area contributed by atoms with Crippen LogP contribution in [0.5, 0.6) is 0 Å². The largest absolute Gasteiger partial charge is 0.516 e. The molecule has 5 heteroatoms. The van der Waals surface area contributed by atoms with Crippen molar-refractivity contribution >= 4 is 12.7 Å². The maximum atomic E-state index is 5.87. The molecule has 0 aromatic carbocycles. The molecular weight excluding hydrogens is 215 g/mol. The summed E-state index contributed by atoms with van der Waals surface area (Å²) in [5.74, 6) is 0. The highest BCUT2D eigenvalue weighted by atomic mass is 16.7. The fourth-order valence-corrected chi connectivity index (χ4v) is 1.52. The van der Waals surface area contributed by atoms with Crippen LogP contribution in [0.1, 0.15) is 41.5 Å². The summed E-state index contributed by atoms with van der Waals surface area (Å²) in [6.45, 7) is 12.2. The van der Waals surface area contributed by atoms with E-state index in [1.165, 1.54) is 0 Å². The standard InChI is InChI=1S/C10H17BN2O2.C2H6/c1-9(2)10(3,4)15-11(14-9)8-6-7-13(5)12-8;1-2/h6-7H,1-5H3;1-2H3. The molecule has 17 heavy (non-hydrogen) atoms. The van der Waals surface area contributed by atoms with Crippen molar-refractivity contribution in [3.8, 4) is 0 Å². The lowest BCUT2D eigenvalue weighted by Crippen LogP contribution is -2.41. The third-order valence-electron chi connectivity index (χ3n) is 3.23. The van der Waals surface area contributed by atoms with E-state index in [4.69, 9.17) is 9.31 Å². The van der Waals surface area contributed by atoms with E-state index in [9.17, 15) is 0 Å². The molecular formula is C12H23BN2O2. The first-order chi connectivity index (χ1) is 7.82. The van der Waals surface area contributed by atoms with Gasteiger partial charge in [-0.2, -0.15) is 5.10 Å². The molecule has 1 fully saturated rings. The van der Waals surface area contributed by atoms with Crippen molar-refractivity contribution in [2.75, 3.05) is 0 Å². The smallest absolute Gasteiger partial charge is 0.398 e. The summed E-state index contributed by atoms with van der Waals surface area (Å²) in [4.78, 5) is 0. The van der Waals surface area contributed by atoms with E-state index >= 15 is 0 Å². The number of rotatable bonds is 1. The molecule has 0 aliphatic carbocycles. The second kappa shape index (κ2) is 4.82. The fourth-order valence-electron chi connectivity index (χ4n) is 1.52. The highest BCUT2D eigenvalue weighted by molar-refractivity contribution is 6.61. The molecule has 2 heterocycles. The van der Waals surface area contributed by atoms with E-state index in [2.05, 4.69) is 5.10 Å². The minimum absolute atomic E-state index is 0.296. The van der Waals surface area contributed by atoms with E-state index < -0.39 is 0 Å². The van der Waals surface area contributed by atoms with Crippen LogP contribution in [0.3, 0.4) is 0 Å². The molecule has 0 radical (unpaired) electrons. The lowest BCUT2D eigenvalue weighted by molar-refractivity contribution is 0.00578. The van der Waals surface area contributed by atoms with Crippen LogP contribution in [-0.4, -0.2) is 28.1 Å². The van der Waals surface area contributed by atoms with E-state index in [0.717, 1.165) is 5.59 Å². The first kappa shape index (κ1) is 14.3. The average molecular weight is 238 g/mol. The first-order valence-corrected chi connectivity index (χ1v) is 6.17. The Morgan fingerprint density at radius 1 is 1.12 bits per heavy atom. The summed E-state index contributed by atoms with van der Waals surface area (Å²) >= 11 is 0. The van der Waals surface area contributed by atoms with Gasteiger partial charge in [0.05, 0.1) is 16.8 Å². The molecule has 1 aliphatic heterocycles. The van der Waals surface area contributed by atoms with Gasteiger partial charge >= 0.3 is 7.12 Å². The van der Waals surface area contributed by atoms with E-state index in [0.29, 0.717) is 0 Å². The van der Waals surface area contributed by atoms with Gasteiger partial charge in [0, 0.05) is 13.2 Å². The molecule has 0 unspecified atom stereocenters. The Morgan fingerprint density at radius 2 is 1.59 bits per heavy atom. The van der Waals surface area contributed by atoms with Crippen molar-refractivity contribution in [1.29, 1.82) is 0 Å². The number of hydrogen-bond acceptors (Lipinski definition) is 3. The van der Waals surface area contributed by atoms with Gasteiger partial charge in [-0.1, -0.05) is 13.8 Å². The van der Waals surface area contributed by atoms with E-state index in [1.54, 1.807) is 4.68 Å². The molecule has 0 amide bonds. The average Bonchev–Trinajstić information content (AvgIpc) is 2.73. The van der Waals surface area contributed by atoms with Crippen molar-refractivity contribution in [1.82, 2.24) is 9.78 Å². The SMILES string of the molecule is CC.Cn1ccc(B2OC(C)(C)C(C)(C)O2)n1. The van der Waals surface area contributed by atoms with Crippen molar-refractivity contribution in [2.45, 2.75) is 52.7 Å². The van der Waals surface area contributed by atoms with Gasteiger partial charge in [0.2, 0.25) is 0 Å². The molecule has 1 aliphatic rings. The van der Waals surface area contributed by atoms with Crippen molar-refractivity contribution < 1.29 is 9.31 Å². The molecule has 1 aromatic heterocycles. The quantitative estimate of drug-likeness (QED) is 0.699. The van der Waals surface area contributed by atoms with Crippen LogP contribution in [-0.2, 0) is 16.4 Å². The molecule has 1 aromatic rings. The minimum atomic E-state index is -0.351. The number of aryl methyl sites for hydroxylation is 1. The predicted octanol–water partition coefficient (Wildman–Crippen LogP) is 1.75. The molecule has 4 nitrogen and oxygen atoms in total. The van der Waals surface area contributed by atoms with Crippen LogP contribution in [0.4, 0.5) is 0 Å². The molecule has 2 rings (SSSR count). The molecule has 0 saturated carbocycles. The monoisotopic (exact) mass is 238 g/mol. The van der Waals surface area contributed by atoms with Crippen LogP contribution in [0, 0.1) is 0 Å². The third kappa shape index (κ3) is 2.72. The van der Waals surface area contributed by atoms with Crippen LogP contribution >= 0.6 is 0 Å². The highest BCUT2D eigenvalue weighted by Gasteiger charge is 2.52. The Morgan fingerprint density at radius 3 is 1.94 bits per heavy atom. The zero-order valence-electron chi connectivity index (χ0n) is 11.9. The molecule has 1 saturated heterocycles. The van der Waals surface area contributed by atoms with Crippen LogP contribution in [0.2, 0.25) is 0 Å². The number of aromatic nitrogens is 2. The summed E-state index contributed by atoms with van der Waals surface area (Å²) < 4.78 is 13.5. The summed E-state index contributed by atoms with van der Waals surface area (Å²) in [6, 6.07) is 1.92. The van der Waals surface area contributed by atoms with Gasteiger partial charge < -0.3 is 9.31 Å². The maximum absolute atomic E-state index is 5.87. The van der Waals surface area contributed by atoms with Crippen molar-refractivity contribution in [3.05, 3.63) is 12.3 Å². The minimum Gasteiger partial charge on any atom is -0.398 e. The Balaban J connectivity index is 0.000000686. The first-order valence-electron chi connectivity index (χ1n) is 6.17. The van der Waals surface area contributed by atoms with Crippen LogP contribution < -0.4 is 5.59 Å². The fraction of sp³-hybridized carbons (Fsp3) is 0.750. The lowest BCUT2D eigenvalue weighted by atomic mass is 9.85. The molecule has 0 bridgehead atoms. The van der Waals surface area contributed by atoms with Gasteiger partial charge in [-0.15, -0.1) is 0 Å². The van der Waals surface area contributed by atoms with Gasteiger partial charge in [0.25, 0.3) is 0 Å². The van der Waals surface area contributed by atoms with Crippen LogP contribution in [0.15, 0.2) is 12.3 Å². The zero-order chi connectivity index (χ0) is 13.3. The Hall–Kier alpha value is -0.805. The van der Waals surface area contributed by atoms with Crippen molar-refractivity contribution in [3.63, 3.8) is 0 Å². The molecule has 0 spiro atoms. The van der Waals surface area contributed by atoms with Gasteiger partial charge in [-0.3, -0.25) is 4.68 Å². The normalized spacial score (nSPS) is 21.0. The maximum Gasteiger partial charge on any atom is 0.516 e. The van der Waals surface area contributed by atoms with Crippen molar-refractivity contribution in [2.24, 2.45) is 7.05 Å². The number of hydrogen-bond donors (Lipinski definition) is 0. The predicted molar refractivity (Wildman–Crippen MR) is 70.3 cm³/mol. The number of nitrogens with zero attached hydrogens (tertiary/aromatic N) is 2. The molecule has 0 atom stereocenters. The van der Waals surface area contributed by atoms with Gasteiger partial charge in [-0.25, -0.2) is 0 Å². The van der Waals surface area contributed by atoms with E-state index in [-0.39, 0.29) is 18.3 Å². The second-order valence-electron chi connectivity index (χ2n) is 5.00. The summed E-state index contributed by atoms with van der Waals surface area (Å²) in [6.07, 6.45) is 1.89. The third-order valence-corrected chi connectivity index (χ3v) is 3.23. The Labute approximate surface area is 104 Å². The van der Waals surface area contributed by atoms with Gasteiger partial charge in [0.1, 0.15) is 0 Å². The Kier molecular flexibility index (Phi) is 4.04. The van der Waals surface area contributed by atoms with E-state index in [1.807, 2.05) is 60.9 Å². The van der Waals surface area contributed by atoms with Gasteiger partial charge in [0.15, 0.2) is 0 Å². The van der Waals surface area contributed by atoms with Gasteiger partial charge in [-0.05, 0) is 33.8 Å². The highest BCUT2D eigenvalue weighted by Crippen LogP contribution is 2.36. The Bertz CT molecular complexity index is 358. The zero-order valence-corrected chi connectivity index (χ0v) is 11.9. The molecule has 96 valence electrons. The lowest BCUT2D eigenvalue weighted by Gasteiger charge is -2.32. The van der Waals surface area contributed by atoms with Crippen LogP contribution in [0.25, 0.3) is 0 Å². The topological polar surface area (TPSA) is 36.3 Å². The summed E-state index contributed by atoms with van der Waals surface area (Å²) in [5.41, 5.74) is 0.237. The summed E-state index contributed by atoms with van der Waals surface area (Å²) in [7, 11) is 1.53. The molecule has 0 N–H and O–H groups in total. The summed E-state index contributed by atoms with van der Waals surface area (Å²) in [5, 5.41) is 4.29.